The van der Waals surface area contributed by atoms with E-state index in [1.807, 2.05) is 0 Å². The van der Waals surface area contributed by atoms with E-state index in [0.717, 1.165) is 6.61 Å². The van der Waals surface area contributed by atoms with Crippen molar-refractivity contribution in [3.8, 4) is 0 Å². The van der Waals surface area contributed by atoms with Crippen LogP contribution in [0.5, 0.6) is 0 Å². The molecule has 0 amide bonds. The molecular formula is C10H20OSi. The standard InChI is InChI=1S/C10H20OSi/c1-9(2)10(3,4)12-8-6-5-7-11-12/h12H,1,5-8H2,2-4H3. The Morgan fingerprint density at radius 3 is 2.50 bits per heavy atom. The van der Waals surface area contributed by atoms with Crippen LogP contribution in [0.15, 0.2) is 12.2 Å². The molecule has 1 aliphatic heterocycles. The summed E-state index contributed by atoms with van der Waals surface area (Å²) in [4.78, 5) is 0. The summed E-state index contributed by atoms with van der Waals surface area (Å²) in [6, 6.07) is 1.33. The molecule has 1 saturated heterocycles. The van der Waals surface area contributed by atoms with Gasteiger partial charge in [-0.3, -0.25) is 0 Å². The maximum absolute atomic E-state index is 5.88. The zero-order valence-electron chi connectivity index (χ0n) is 8.52. The van der Waals surface area contributed by atoms with E-state index in [1.165, 1.54) is 24.5 Å². The second kappa shape index (κ2) is 3.75. The quantitative estimate of drug-likeness (QED) is 0.473. The van der Waals surface area contributed by atoms with E-state index in [-0.39, 0.29) is 0 Å². The molecule has 70 valence electrons. The van der Waals surface area contributed by atoms with Crippen LogP contribution in [0.4, 0.5) is 0 Å². The lowest BCUT2D eigenvalue weighted by Gasteiger charge is -2.35. The Labute approximate surface area is 77.5 Å². The molecule has 2 heteroatoms. The average molecular weight is 184 g/mol. The van der Waals surface area contributed by atoms with Crippen molar-refractivity contribution in [2.45, 2.75) is 44.7 Å². The normalized spacial score (nSPS) is 25.4. The van der Waals surface area contributed by atoms with Crippen LogP contribution in [0.1, 0.15) is 33.6 Å². The van der Waals surface area contributed by atoms with Crippen molar-refractivity contribution < 1.29 is 4.43 Å². The molecule has 1 atom stereocenters. The first-order valence-electron chi connectivity index (χ1n) is 4.82. The summed E-state index contributed by atoms with van der Waals surface area (Å²) in [5.74, 6) is 0. The van der Waals surface area contributed by atoms with Crippen LogP contribution >= 0.6 is 0 Å². The number of hydrogen-bond donors (Lipinski definition) is 0. The summed E-state index contributed by atoms with van der Waals surface area (Å²) in [6.45, 7) is 11.8. The molecule has 12 heavy (non-hydrogen) atoms. The van der Waals surface area contributed by atoms with Crippen molar-refractivity contribution >= 4 is 9.04 Å². The number of rotatable bonds is 2. The summed E-state index contributed by atoms with van der Waals surface area (Å²) in [7, 11) is -0.993. The minimum atomic E-state index is -0.993. The molecule has 1 nitrogen and oxygen atoms in total. The molecule has 0 N–H and O–H groups in total. The molecule has 0 bridgehead atoms. The van der Waals surface area contributed by atoms with Gasteiger partial charge in [0.15, 0.2) is 9.04 Å². The fraction of sp³-hybridized carbons (Fsp3) is 0.800. The maximum Gasteiger partial charge on any atom is 0.186 e. The van der Waals surface area contributed by atoms with E-state index < -0.39 is 9.04 Å². The highest BCUT2D eigenvalue weighted by molar-refractivity contribution is 6.56. The highest BCUT2D eigenvalue weighted by atomic mass is 28.3. The van der Waals surface area contributed by atoms with Crippen LogP contribution in [0.2, 0.25) is 11.1 Å². The second-order valence-corrected chi connectivity index (χ2v) is 7.69. The monoisotopic (exact) mass is 184 g/mol. The summed E-state index contributed by atoms with van der Waals surface area (Å²) >= 11 is 0. The Bertz CT molecular complexity index is 169. The van der Waals surface area contributed by atoms with Gasteiger partial charge in [0.25, 0.3) is 0 Å². The molecule has 0 aliphatic carbocycles. The summed E-state index contributed by atoms with van der Waals surface area (Å²) in [5, 5.41) is 0.292. The minimum absolute atomic E-state index is 0.292. The van der Waals surface area contributed by atoms with Crippen molar-refractivity contribution in [2.75, 3.05) is 6.61 Å². The Hall–Kier alpha value is -0.0831. The van der Waals surface area contributed by atoms with E-state index in [1.54, 1.807) is 0 Å². The lowest BCUT2D eigenvalue weighted by atomic mass is 10.1. The van der Waals surface area contributed by atoms with Gasteiger partial charge < -0.3 is 4.43 Å². The van der Waals surface area contributed by atoms with Gasteiger partial charge in [-0.05, 0) is 19.4 Å². The highest BCUT2D eigenvalue weighted by Crippen LogP contribution is 2.40. The second-order valence-electron chi connectivity index (χ2n) is 4.36. The fourth-order valence-corrected chi connectivity index (χ4v) is 4.55. The summed E-state index contributed by atoms with van der Waals surface area (Å²) in [5.41, 5.74) is 1.29. The first-order valence-corrected chi connectivity index (χ1v) is 6.69. The SMILES string of the molecule is C=C(C)C(C)(C)[SiH]1CCCCO1. The molecule has 0 aromatic carbocycles. The summed E-state index contributed by atoms with van der Waals surface area (Å²) in [6.07, 6.45) is 2.63. The van der Waals surface area contributed by atoms with Gasteiger partial charge >= 0.3 is 0 Å². The van der Waals surface area contributed by atoms with Gasteiger partial charge in [0.1, 0.15) is 0 Å². The van der Waals surface area contributed by atoms with E-state index >= 15 is 0 Å². The smallest absolute Gasteiger partial charge is 0.186 e. The Balaban J connectivity index is 2.59. The van der Waals surface area contributed by atoms with E-state index in [9.17, 15) is 0 Å². The molecule has 0 radical (unpaired) electrons. The highest BCUT2D eigenvalue weighted by Gasteiger charge is 2.34. The molecular weight excluding hydrogens is 164 g/mol. The minimum Gasteiger partial charge on any atom is -0.419 e. The number of hydrogen-bond acceptors (Lipinski definition) is 1. The van der Waals surface area contributed by atoms with E-state index in [2.05, 4.69) is 27.4 Å². The van der Waals surface area contributed by atoms with Crippen molar-refractivity contribution in [3.63, 3.8) is 0 Å². The first-order chi connectivity index (χ1) is 5.55. The number of allylic oxidation sites excluding steroid dienone is 1. The average Bonchev–Trinajstić information content (AvgIpc) is 2.06. The molecule has 1 fully saturated rings. The van der Waals surface area contributed by atoms with Crippen LogP contribution < -0.4 is 0 Å². The lowest BCUT2D eigenvalue weighted by Crippen LogP contribution is -2.34. The zero-order valence-corrected chi connectivity index (χ0v) is 9.68. The predicted octanol–water partition coefficient (Wildman–Crippen LogP) is 2.88. The Morgan fingerprint density at radius 1 is 1.42 bits per heavy atom. The molecule has 1 heterocycles. The Morgan fingerprint density at radius 2 is 2.08 bits per heavy atom. The molecule has 1 rings (SSSR count). The third kappa shape index (κ3) is 1.99. The fourth-order valence-electron chi connectivity index (χ4n) is 1.58. The van der Waals surface area contributed by atoms with Gasteiger partial charge in [-0.1, -0.05) is 32.4 Å². The zero-order chi connectivity index (χ0) is 9.19. The Kier molecular flexibility index (Phi) is 3.13. The summed E-state index contributed by atoms with van der Waals surface area (Å²) < 4.78 is 5.88. The predicted molar refractivity (Wildman–Crippen MR) is 56.0 cm³/mol. The van der Waals surface area contributed by atoms with Crippen LogP contribution in [0, 0.1) is 0 Å². The molecule has 0 saturated carbocycles. The van der Waals surface area contributed by atoms with Crippen molar-refractivity contribution in [3.05, 3.63) is 12.2 Å². The van der Waals surface area contributed by atoms with Gasteiger partial charge in [0.05, 0.1) is 0 Å². The van der Waals surface area contributed by atoms with Gasteiger partial charge in [0, 0.05) is 11.6 Å². The van der Waals surface area contributed by atoms with Crippen LogP contribution in [0.3, 0.4) is 0 Å². The van der Waals surface area contributed by atoms with Gasteiger partial charge in [-0.25, -0.2) is 0 Å². The van der Waals surface area contributed by atoms with Crippen LogP contribution in [-0.2, 0) is 4.43 Å². The molecule has 1 unspecified atom stereocenters. The van der Waals surface area contributed by atoms with Gasteiger partial charge in [-0.15, -0.1) is 0 Å². The maximum atomic E-state index is 5.88. The van der Waals surface area contributed by atoms with Gasteiger partial charge in [-0.2, -0.15) is 0 Å². The van der Waals surface area contributed by atoms with Crippen LogP contribution in [-0.4, -0.2) is 15.6 Å². The third-order valence-electron chi connectivity index (χ3n) is 3.08. The first kappa shape index (κ1) is 10.0. The largest absolute Gasteiger partial charge is 0.419 e. The third-order valence-corrected chi connectivity index (χ3v) is 6.76. The van der Waals surface area contributed by atoms with Crippen LogP contribution in [0.25, 0.3) is 0 Å². The molecule has 1 aliphatic rings. The van der Waals surface area contributed by atoms with Crippen molar-refractivity contribution in [1.29, 1.82) is 0 Å². The molecule has 0 spiro atoms. The van der Waals surface area contributed by atoms with Gasteiger partial charge in [0.2, 0.25) is 0 Å². The van der Waals surface area contributed by atoms with E-state index in [0.29, 0.717) is 5.04 Å². The lowest BCUT2D eigenvalue weighted by molar-refractivity contribution is 0.273. The van der Waals surface area contributed by atoms with Crippen molar-refractivity contribution in [2.24, 2.45) is 0 Å². The molecule has 0 aromatic rings. The van der Waals surface area contributed by atoms with Crippen molar-refractivity contribution in [1.82, 2.24) is 0 Å². The topological polar surface area (TPSA) is 9.23 Å². The van der Waals surface area contributed by atoms with E-state index in [4.69, 9.17) is 4.43 Å². The molecule has 0 aromatic heterocycles.